The zero-order chi connectivity index (χ0) is 13.1. The molecular weight excluding hydrogens is 232 g/mol. The van der Waals surface area contributed by atoms with Crippen LogP contribution in [0, 0.1) is 5.92 Å². The Labute approximate surface area is 108 Å². The van der Waals surface area contributed by atoms with Gasteiger partial charge in [-0.25, -0.2) is 4.98 Å². The molecule has 0 aliphatic carbocycles. The summed E-state index contributed by atoms with van der Waals surface area (Å²) in [5, 5.41) is 5.64. The molecule has 1 rings (SSSR count). The van der Waals surface area contributed by atoms with E-state index in [1.807, 2.05) is 19.2 Å². The number of hydrogen-bond donors (Lipinski definition) is 1. The highest BCUT2D eigenvalue weighted by atomic mass is 32.1. The van der Waals surface area contributed by atoms with Crippen LogP contribution < -0.4 is 5.32 Å². The van der Waals surface area contributed by atoms with E-state index in [1.54, 1.807) is 0 Å². The van der Waals surface area contributed by atoms with Crippen molar-refractivity contribution in [2.45, 2.75) is 52.9 Å². The number of aromatic nitrogens is 1. The van der Waals surface area contributed by atoms with E-state index in [9.17, 15) is 4.79 Å². The van der Waals surface area contributed by atoms with E-state index in [0.29, 0.717) is 5.13 Å². The summed E-state index contributed by atoms with van der Waals surface area (Å²) in [4.78, 5) is 16.3. The molecule has 0 aromatic carbocycles. The van der Waals surface area contributed by atoms with E-state index in [4.69, 9.17) is 0 Å². The van der Waals surface area contributed by atoms with Crippen molar-refractivity contribution in [3.8, 4) is 0 Å². The second-order valence-corrected chi connectivity index (χ2v) is 6.15. The summed E-state index contributed by atoms with van der Waals surface area (Å²) in [5.74, 6) is 0.182. The summed E-state index contributed by atoms with van der Waals surface area (Å²) in [7, 11) is 0. The molecule has 1 amide bonds. The molecule has 1 aromatic heterocycles. The lowest BCUT2D eigenvalue weighted by atomic mass is 9.93. The highest BCUT2D eigenvalue weighted by molar-refractivity contribution is 7.13. The van der Waals surface area contributed by atoms with Crippen LogP contribution >= 0.6 is 11.3 Å². The second kappa shape index (κ2) is 5.63. The van der Waals surface area contributed by atoms with E-state index in [0.717, 1.165) is 18.5 Å². The molecule has 0 atom stereocenters. The monoisotopic (exact) mass is 254 g/mol. The van der Waals surface area contributed by atoms with Gasteiger partial charge in [0.25, 0.3) is 0 Å². The van der Waals surface area contributed by atoms with Crippen LogP contribution in [0.1, 0.15) is 53.2 Å². The predicted octanol–water partition coefficient (Wildman–Crippen LogP) is 3.82. The average Bonchev–Trinajstić information content (AvgIpc) is 2.67. The van der Waals surface area contributed by atoms with Crippen LogP contribution in [0.3, 0.4) is 0 Å². The third kappa shape index (κ3) is 3.80. The molecule has 0 fully saturated rings. The number of carbonyl (C=O) groups excluding carboxylic acids is 1. The number of rotatable bonds is 4. The molecule has 0 bridgehead atoms. The Balaban J connectivity index is 2.70. The van der Waals surface area contributed by atoms with Crippen LogP contribution in [0.5, 0.6) is 0 Å². The fraction of sp³-hybridized carbons (Fsp3) is 0.692. The van der Waals surface area contributed by atoms with Gasteiger partial charge in [0.1, 0.15) is 0 Å². The lowest BCUT2D eigenvalue weighted by Crippen LogP contribution is -2.21. The molecule has 0 saturated carbocycles. The maximum atomic E-state index is 11.9. The van der Waals surface area contributed by atoms with Crippen molar-refractivity contribution in [2.75, 3.05) is 5.32 Å². The van der Waals surface area contributed by atoms with E-state index >= 15 is 0 Å². The zero-order valence-electron chi connectivity index (χ0n) is 11.3. The minimum Gasteiger partial charge on any atom is -0.302 e. The van der Waals surface area contributed by atoms with Crippen molar-refractivity contribution in [1.29, 1.82) is 0 Å². The van der Waals surface area contributed by atoms with Gasteiger partial charge >= 0.3 is 0 Å². The van der Waals surface area contributed by atoms with Crippen molar-refractivity contribution in [2.24, 2.45) is 5.92 Å². The molecule has 96 valence electrons. The standard InChI is InChI=1S/C13H22N2OS/c1-6-9(7-2)11(16)15-12-14-10(8-17-12)13(3,4)5/h8-9H,6-7H2,1-5H3,(H,14,15,16). The van der Waals surface area contributed by atoms with Crippen molar-refractivity contribution >= 4 is 22.4 Å². The van der Waals surface area contributed by atoms with Crippen molar-refractivity contribution in [3.63, 3.8) is 0 Å². The Morgan fingerprint density at radius 3 is 2.41 bits per heavy atom. The number of anilines is 1. The Hall–Kier alpha value is -0.900. The maximum absolute atomic E-state index is 11.9. The molecular formula is C13H22N2OS. The lowest BCUT2D eigenvalue weighted by molar-refractivity contribution is -0.120. The lowest BCUT2D eigenvalue weighted by Gasteiger charge is -2.14. The summed E-state index contributed by atoms with van der Waals surface area (Å²) in [5.41, 5.74) is 1.07. The van der Waals surface area contributed by atoms with Gasteiger partial charge in [0.15, 0.2) is 5.13 Å². The molecule has 0 aliphatic heterocycles. The fourth-order valence-electron chi connectivity index (χ4n) is 1.54. The van der Waals surface area contributed by atoms with Gasteiger partial charge in [-0.2, -0.15) is 0 Å². The topological polar surface area (TPSA) is 42.0 Å². The highest BCUT2D eigenvalue weighted by Gasteiger charge is 2.19. The normalized spacial score (nSPS) is 11.9. The third-order valence-corrected chi connectivity index (χ3v) is 3.62. The van der Waals surface area contributed by atoms with Crippen LogP contribution in [-0.2, 0) is 10.2 Å². The summed E-state index contributed by atoms with van der Waals surface area (Å²) < 4.78 is 0. The molecule has 3 nitrogen and oxygen atoms in total. The molecule has 0 saturated heterocycles. The van der Waals surface area contributed by atoms with Crippen molar-refractivity contribution in [1.82, 2.24) is 4.98 Å². The van der Waals surface area contributed by atoms with E-state index < -0.39 is 0 Å². The number of thiazole rings is 1. The van der Waals surface area contributed by atoms with Gasteiger partial charge in [0.2, 0.25) is 5.91 Å². The molecule has 4 heteroatoms. The molecule has 1 N–H and O–H groups in total. The van der Waals surface area contributed by atoms with Crippen molar-refractivity contribution < 1.29 is 4.79 Å². The number of hydrogen-bond acceptors (Lipinski definition) is 3. The first-order valence-corrected chi connectivity index (χ1v) is 7.03. The Morgan fingerprint density at radius 1 is 1.41 bits per heavy atom. The van der Waals surface area contributed by atoms with Crippen LogP contribution in [0.2, 0.25) is 0 Å². The molecule has 0 radical (unpaired) electrons. The minimum absolute atomic E-state index is 0.0361. The molecule has 1 aromatic rings. The smallest absolute Gasteiger partial charge is 0.229 e. The van der Waals surface area contributed by atoms with Crippen LogP contribution in [0.15, 0.2) is 5.38 Å². The fourth-order valence-corrected chi connectivity index (χ4v) is 2.48. The quantitative estimate of drug-likeness (QED) is 0.887. The average molecular weight is 254 g/mol. The number of amides is 1. The summed E-state index contributed by atoms with van der Waals surface area (Å²) in [6, 6.07) is 0. The van der Waals surface area contributed by atoms with Gasteiger partial charge in [0.05, 0.1) is 5.69 Å². The summed E-state index contributed by atoms with van der Waals surface area (Å²) in [6.07, 6.45) is 1.75. The second-order valence-electron chi connectivity index (χ2n) is 5.29. The molecule has 1 heterocycles. The van der Waals surface area contributed by atoms with E-state index in [1.165, 1.54) is 11.3 Å². The minimum atomic E-state index is 0.0361. The first-order chi connectivity index (χ1) is 7.88. The zero-order valence-corrected chi connectivity index (χ0v) is 12.1. The molecule has 17 heavy (non-hydrogen) atoms. The SMILES string of the molecule is CCC(CC)C(=O)Nc1nc(C(C)(C)C)cs1. The van der Waals surface area contributed by atoms with Gasteiger partial charge in [-0.1, -0.05) is 34.6 Å². The van der Waals surface area contributed by atoms with Gasteiger partial charge in [-0.05, 0) is 12.8 Å². The Morgan fingerprint density at radius 2 is 2.00 bits per heavy atom. The number of nitrogens with zero attached hydrogens (tertiary/aromatic N) is 1. The van der Waals surface area contributed by atoms with E-state index in [2.05, 4.69) is 31.1 Å². The van der Waals surface area contributed by atoms with Gasteiger partial charge < -0.3 is 5.32 Å². The Kier molecular flexibility index (Phi) is 4.69. The molecule has 0 aliphatic rings. The summed E-state index contributed by atoms with van der Waals surface area (Å²) >= 11 is 1.50. The number of carbonyl (C=O) groups is 1. The van der Waals surface area contributed by atoms with Gasteiger partial charge in [-0.15, -0.1) is 11.3 Å². The van der Waals surface area contributed by atoms with Crippen LogP contribution in [0.4, 0.5) is 5.13 Å². The summed E-state index contributed by atoms with van der Waals surface area (Å²) in [6.45, 7) is 10.4. The third-order valence-electron chi connectivity index (χ3n) is 2.86. The number of nitrogens with one attached hydrogen (secondary N) is 1. The van der Waals surface area contributed by atoms with E-state index in [-0.39, 0.29) is 17.2 Å². The van der Waals surface area contributed by atoms with Crippen LogP contribution in [0.25, 0.3) is 0 Å². The molecule has 0 unspecified atom stereocenters. The predicted molar refractivity (Wildman–Crippen MR) is 73.5 cm³/mol. The van der Waals surface area contributed by atoms with Crippen LogP contribution in [-0.4, -0.2) is 10.9 Å². The molecule has 0 spiro atoms. The first kappa shape index (κ1) is 14.2. The highest BCUT2D eigenvalue weighted by Crippen LogP contribution is 2.26. The van der Waals surface area contributed by atoms with Gasteiger partial charge in [0, 0.05) is 16.7 Å². The maximum Gasteiger partial charge on any atom is 0.229 e. The largest absolute Gasteiger partial charge is 0.302 e. The Bertz CT molecular complexity index is 375. The van der Waals surface area contributed by atoms with Gasteiger partial charge in [-0.3, -0.25) is 4.79 Å². The van der Waals surface area contributed by atoms with Crippen molar-refractivity contribution in [3.05, 3.63) is 11.1 Å². The first-order valence-electron chi connectivity index (χ1n) is 6.15.